The molecule has 5 fully saturated rings. The molecule has 2 bridgehead atoms. The second-order valence-electron chi connectivity index (χ2n) is 15.6. The highest BCUT2D eigenvalue weighted by molar-refractivity contribution is 5.89. The van der Waals surface area contributed by atoms with Gasteiger partial charge in [-0.15, -0.1) is 0 Å². The third kappa shape index (κ3) is 5.26. The lowest BCUT2D eigenvalue weighted by atomic mass is 9.37. The van der Waals surface area contributed by atoms with Gasteiger partial charge in [-0.1, -0.05) is 18.6 Å². The molecule has 3 saturated heterocycles. The molecule has 0 aromatic carbocycles. The minimum absolute atomic E-state index is 0.0448. The van der Waals surface area contributed by atoms with Crippen molar-refractivity contribution in [1.82, 2.24) is 0 Å². The van der Waals surface area contributed by atoms with Gasteiger partial charge in [0.05, 0.1) is 44.1 Å². The fraction of sp³-hybridized carbons (Fsp3) is 0.794. The van der Waals surface area contributed by atoms with E-state index >= 15 is 0 Å². The molecule has 0 amide bonds. The van der Waals surface area contributed by atoms with E-state index in [9.17, 15) is 55.2 Å². The van der Waals surface area contributed by atoms with Crippen LogP contribution in [0.25, 0.3) is 0 Å². The van der Waals surface area contributed by atoms with E-state index in [2.05, 4.69) is 0 Å². The number of ether oxygens (including phenoxy) is 6. The van der Waals surface area contributed by atoms with E-state index in [-0.39, 0.29) is 12.0 Å². The van der Waals surface area contributed by atoms with Crippen molar-refractivity contribution in [2.45, 2.75) is 120 Å². The van der Waals surface area contributed by atoms with Crippen molar-refractivity contribution in [3.63, 3.8) is 0 Å². The Morgan fingerprint density at radius 2 is 1.71 bits per heavy atom. The van der Waals surface area contributed by atoms with Crippen LogP contribution >= 0.6 is 0 Å². The van der Waals surface area contributed by atoms with Crippen LogP contribution in [-0.2, 0) is 42.8 Å². The number of rotatable bonds is 7. The molecule has 0 aromatic heterocycles. The maximum atomic E-state index is 13.8. The van der Waals surface area contributed by atoms with Crippen molar-refractivity contribution in [3.8, 4) is 0 Å². The lowest BCUT2D eigenvalue weighted by Gasteiger charge is -2.68. The Morgan fingerprint density at radius 3 is 2.31 bits per heavy atom. The monoisotopic (exact) mass is 728 g/mol. The Morgan fingerprint density at radius 1 is 1.04 bits per heavy atom. The fourth-order valence-electron chi connectivity index (χ4n) is 9.91. The quantitative estimate of drug-likeness (QED) is 0.0561. The maximum absolute atomic E-state index is 13.8. The molecule has 17 heteroatoms. The second-order valence-corrected chi connectivity index (χ2v) is 15.6. The Kier molecular flexibility index (Phi) is 9.58. The average Bonchev–Trinajstić information content (AvgIpc) is 3.37. The summed E-state index contributed by atoms with van der Waals surface area (Å²) in [6.45, 7) is 6.59. The standard InChI is InChI=1S/C34H48O17/c1-12-7-15(48-29-21(39)20(38)19(37)16(10-35)49-29)26(41)32(5)14(12)9-17-33-11-47-34(30(44)46-6,27(42)22(40)24(32)33)25(33)23(28(43)50-17)51-18(36)8-13(2)31(3,4)45/h7-8,14-17,19-27,29,35,37-42,45H,9-11H2,1-6H3/b13-8+/t14-,15-,16+,17+,19+,20-,21+,22?,23+,24?,25+,26+,27-,29+,32-,33+,34-/m0/s1. The van der Waals surface area contributed by atoms with Crippen molar-refractivity contribution in [3.05, 3.63) is 23.3 Å². The van der Waals surface area contributed by atoms with E-state index in [1.54, 1.807) is 19.9 Å². The van der Waals surface area contributed by atoms with Crippen LogP contribution < -0.4 is 0 Å². The van der Waals surface area contributed by atoms with E-state index in [0.29, 0.717) is 5.57 Å². The van der Waals surface area contributed by atoms with Gasteiger partial charge < -0.3 is 69.3 Å². The molecule has 3 aliphatic heterocycles. The van der Waals surface area contributed by atoms with Crippen LogP contribution in [0.1, 0.15) is 41.0 Å². The highest BCUT2D eigenvalue weighted by Crippen LogP contribution is 2.73. The van der Waals surface area contributed by atoms with Gasteiger partial charge in [0.25, 0.3) is 0 Å². The largest absolute Gasteiger partial charge is 0.467 e. The average molecular weight is 729 g/mol. The smallest absolute Gasteiger partial charge is 0.348 e. The molecule has 51 heavy (non-hydrogen) atoms. The summed E-state index contributed by atoms with van der Waals surface area (Å²) < 4.78 is 34.4. The number of methoxy groups -OCH3 is 1. The molecule has 286 valence electrons. The molecule has 3 aliphatic carbocycles. The Balaban J connectivity index is 1.45. The number of esters is 3. The van der Waals surface area contributed by atoms with E-state index in [1.165, 1.54) is 20.8 Å². The number of aliphatic hydroxyl groups is 8. The zero-order chi connectivity index (χ0) is 37.7. The zero-order valence-electron chi connectivity index (χ0n) is 29.1. The predicted octanol–water partition coefficient (Wildman–Crippen LogP) is -3.03. The normalized spacial score (nSPS) is 49.3. The van der Waals surface area contributed by atoms with E-state index < -0.39 is 138 Å². The summed E-state index contributed by atoms with van der Waals surface area (Å²) in [5.41, 5.74) is -6.09. The highest BCUT2D eigenvalue weighted by Gasteiger charge is 2.85. The Bertz CT molecular complexity index is 1490. The van der Waals surface area contributed by atoms with Gasteiger partial charge in [0.1, 0.15) is 42.7 Å². The lowest BCUT2D eigenvalue weighted by Crippen LogP contribution is -2.80. The van der Waals surface area contributed by atoms with Crippen LogP contribution in [-0.4, -0.2) is 158 Å². The van der Waals surface area contributed by atoms with Crippen LogP contribution in [0.5, 0.6) is 0 Å². The maximum Gasteiger partial charge on any atom is 0.348 e. The van der Waals surface area contributed by atoms with Crippen LogP contribution in [0.2, 0.25) is 0 Å². The Hall–Kier alpha value is -2.55. The molecule has 6 aliphatic rings. The fourth-order valence-corrected chi connectivity index (χ4v) is 9.91. The zero-order valence-corrected chi connectivity index (χ0v) is 29.1. The molecule has 0 aromatic rings. The summed E-state index contributed by atoms with van der Waals surface area (Å²) in [4.78, 5) is 40.8. The number of fused-ring (bicyclic) bond motifs is 2. The van der Waals surface area contributed by atoms with Crippen molar-refractivity contribution >= 4 is 17.9 Å². The summed E-state index contributed by atoms with van der Waals surface area (Å²) >= 11 is 0. The van der Waals surface area contributed by atoms with Crippen LogP contribution in [0, 0.1) is 28.6 Å². The van der Waals surface area contributed by atoms with Gasteiger partial charge in [0.2, 0.25) is 11.7 Å². The summed E-state index contributed by atoms with van der Waals surface area (Å²) in [7, 11) is 1.03. The van der Waals surface area contributed by atoms with Gasteiger partial charge >= 0.3 is 17.9 Å². The first-order valence-corrected chi connectivity index (χ1v) is 17.0. The predicted molar refractivity (Wildman–Crippen MR) is 167 cm³/mol. The van der Waals surface area contributed by atoms with Crippen LogP contribution in [0.15, 0.2) is 23.3 Å². The second kappa shape index (κ2) is 12.8. The number of carbonyl (C=O) groups excluding carboxylic acids is 3. The SMILES string of the molecule is COC(=O)[C@@]12OC[C@]34C(C(O)[C@@H]1O)[C@@]1(C)[C@H](O)[C@@H](O[C@@H]5O[C@H](CO)[C@@H](O)[C@H](O)[C@H]5O)C=C(C)[C@@H]1C[C@H]3OC(=O)[C@H](OC(=O)/C=C(\C)C(C)(C)O)[C@@H]24. The van der Waals surface area contributed by atoms with Crippen LogP contribution in [0.3, 0.4) is 0 Å². The van der Waals surface area contributed by atoms with Gasteiger partial charge in [-0.3, -0.25) is 0 Å². The number of hydrogen-bond acceptors (Lipinski definition) is 17. The van der Waals surface area contributed by atoms with Gasteiger partial charge in [-0.05, 0) is 45.6 Å². The molecule has 6 rings (SSSR count). The van der Waals surface area contributed by atoms with E-state index in [4.69, 9.17) is 28.4 Å². The molecule has 3 heterocycles. The van der Waals surface area contributed by atoms with Gasteiger partial charge in [-0.2, -0.15) is 0 Å². The van der Waals surface area contributed by atoms with E-state index in [1.807, 2.05) is 0 Å². The molecular formula is C34H48O17. The summed E-state index contributed by atoms with van der Waals surface area (Å²) in [6.07, 6.45) is -15.3. The molecule has 8 N–H and O–H groups in total. The number of hydrogen-bond donors (Lipinski definition) is 8. The highest BCUT2D eigenvalue weighted by atomic mass is 16.7. The van der Waals surface area contributed by atoms with Crippen molar-refractivity contribution in [1.29, 1.82) is 0 Å². The topological polar surface area (TPSA) is 268 Å². The van der Waals surface area contributed by atoms with Crippen molar-refractivity contribution < 1.29 is 83.7 Å². The van der Waals surface area contributed by atoms with Gasteiger partial charge in [-0.25, -0.2) is 14.4 Å². The summed E-state index contributed by atoms with van der Waals surface area (Å²) in [5.74, 6) is -6.60. The first-order valence-electron chi connectivity index (χ1n) is 17.0. The van der Waals surface area contributed by atoms with Crippen molar-refractivity contribution in [2.24, 2.45) is 28.6 Å². The molecule has 0 radical (unpaired) electrons. The number of aliphatic hydroxyl groups excluding tert-OH is 7. The molecule has 2 unspecified atom stereocenters. The third-order valence-electron chi connectivity index (χ3n) is 12.7. The molecule has 2 saturated carbocycles. The van der Waals surface area contributed by atoms with Crippen LogP contribution in [0.4, 0.5) is 0 Å². The molecule has 1 spiro atoms. The minimum atomic E-state index is -2.41. The van der Waals surface area contributed by atoms with Crippen molar-refractivity contribution in [2.75, 3.05) is 20.3 Å². The first kappa shape index (κ1) is 38.2. The van der Waals surface area contributed by atoms with Gasteiger partial charge in [0.15, 0.2) is 6.29 Å². The molecule has 17 atom stereocenters. The lowest BCUT2D eigenvalue weighted by molar-refractivity contribution is -0.330. The summed E-state index contributed by atoms with van der Waals surface area (Å²) in [6, 6.07) is 0. The minimum Gasteiger partial charge on any atom is -0.467 e. The summed E-state index contributed by atoms with van der Waals surface area (Å²) in [5, 5.41) is 87.6. The Labute approximate surface area is 293 Å². The molecule has 17 nitrogen and oxygen atoms in total. The van der Waals surface area contributed by atoms with E-state index in [0.717, 1.165) is 13.2 Å². The number of allylic oxidation sites excluding steroid dienone is 1. The third-order valence-corrected chi connectivity index (χ3v) is 12.7. The first-order chi connectivity index (χ1) is 23.7. The number of carbonyl (C=O) groups is 3. The molecular weight excluding hydrogens is 680 g/mol. The van der Waals surface area contributed by atoms with Gasteiger partial charge in [0, 0.05) is 22.8 Å².